The van der Waals surface area contributed by atoms with Gasteiger partial charge in [0.15, 0.2) is 0 Å². The molecule has 0 aliphatic carbocycles. The summed E-state index contributed by atoms with van der Waals surface area (Å²) >= 11 is 7.18. The number of benzene rings is 1. The highest BCUT2D eigenvalue weighted by atomic mass is 35.5. The van der Waals surface area contributed by atoms with E-state index in [1.54, 1.807) is 13.0 Å². The van der Waals surface area contributed by atoms with Crippen LogP contribution >= 0.6 is 23.4 Å². The fourth-order valence-corrected chi connectivity index (χ4v) is 4.18. The van der Waals surface area contributed by atoms with Crippen molar-refractivity contribution in [2.45, 2.75) is 23.2 Å². The van der Waals surface area contributed by atoms with Gasteiger partial charge in [0.25, 0.3) is 11.2 Å². The van der Waals surface area contributed by atoms with Crippen molar-refractivity contribution in [3.63, 3.8) is 0 Å². The third-order valence-electron chi connectivity index (χ3n) is 3.78. The van der Waals surface area contributed by atoms with Gasteiger partial charge in [-0.1, -0.05) is 18.5 Å². The first-order valence-corrected chi connectivity index (χ1v) is 8.15. The van der Waals surface area contributed by atoms with Crippen molar-refractivity contribution in [2.24, 2.45) is 0 Å². The number of carboxylic acid groups (broad SMARTS) is 1. The average molecular weight is 367 g/mol. The molecule has 7 nitrogen and oxygen atoms in total. The third kappa shape index (κ3) is 2.67. The topological polar surface area (TPSA) is 102 Å². The summed E-state index contributed by atoms with van der Waals surface area (Å²) in [4.78, 5) is 34.5. The van der Waals surface area contributed by atoms with Crippen LogP contribution in [0.25, 0.3) is 11.1 Å². The number of thioether (sulfide) groups is 1. The summed E-state index contributed by atoms with van der Waals surface area (Å²) in [5.74, 6) is -1.09. The number of nitro groups is 1. The van der Waals surface area contributed by atoms with E-state index in [-0.39, 0.29) is 16.5 Å². The Hall–Kier alpha value is -2.32. The molecule has 0 bridgehead atoms. The van der Waals surface area contributed by atoms with Gasteiger partial charge in [-0.15, -0.1) is 11.8 Å². The Bertz CT molecular complexity index is 927. The number of halogens is 1. The molecule has 0 fully saturated rings. The summed E-state index contributed by atoms with van der Waals surface area (Å²) in [5, 5.41) is 21.0. The van der Waals surface area contributed by atoms with Gasteiger partial charge >= 0.3 is 5.97 Å². The quantitative estimate of drug-likeness (QED) is 0.661. The normalized spacial score (nSPS) is 19.1. The van der Waals surface area contributed by atoms with Gasteiger partial charge in [0, 0.05) is 22.4 Å². The number of nitro benzene ring substituents is 1. The highest BCUT2D eigenvalue weighted by Crippen LogP contribution is 2.41. The highest BCUT2D eigenvalue weighted by Gasteiger charge is 2.36. The second-order valence-corrected chi connectivity index (χ2v) is 7.15. The molecule has 124 valence electrons. The molecule has 0 spiro atoms. The Labute approximate surface area is 145 Å². The zero-order valence-corrected chi connectivity index (χ0v) is 13.9. The number of aliphatic carboxylic acids is 1. The van der Waals surface area contributed by atoms with E-state index < -0.39 is 22.5 Å². The number of hydrogen-bond acceptors (Lipinski definition) is 5. The molecule has 1 aromatic heterocycles. The molecule has 0 amide bonds. The van der Waals surface area contributed by atoms with Crippen molar-refractivity contribution < 1.29 is 14.8 Å². The predicted octanol–water partition coefficient (Wildman–Crippen LogP) is 3.20. The molecule has 0 radical (unpaired) electrons. The first-order valence-electron chi connectivity index (χ1n) is 6.90. The number of fused-ring (bicyclic) bond motifs is 1. The molecule has 1 aliphatic heterocycles. The molecule has 1 aliphatic rings. The maximum Gasteiger partial charge on any atom is 0.328 e. The fraction of sp³-hybridized carbons (Fsp3) is 0.200. The molecule has 0 saturated heterocycles. The van der Waals surface area contributed by atoms with Gasteiger partial charge in [-0.25, -0.2) is 4.79 Å². The Morgan fingerprint density at radius 2 is 2.08 bits per heavy atom. The van der Waals surface area contributed by atoms with Gasteiger partial charge in [0.05, 0.1) is 15.5 Å². The number of rotatable bonds is 3. The molecule has 0 saturated carbocycles. The SMILES string of the molecule is CC1Sc2cc(-c3cc(Cl)ccc3[N+](=O)[O-])cc(=O)n2[C@@H]1C(=O)O. The predicted molar refractivity (Wildman–Crippen MR) is 89.8 cm³/mol. The van der Waals surface area contributed by atoms with Gasteiger partial charge in [0.2, 0.25) is 0 Å². The first-order chi connectivity index (χ1) is 11.3. The Kier molecular flexibility index (Phi) is 4.10. The van der Waals surface area contributed by atoms with Crippen molar-refractivity contribution >= 4 is 35.0 Å². The first kappa shape index (κ1) is 16.5. The molecule has 1 unspecified atom stereocenters. The number of hydrogen-bond donors (Lipinski definition) is 1. The van der Waals surface area contributed by atoms with Crippen LogP contribution in [0.5, 0.6) is 0 Å². The average Bonchev–Trinajstić information content (AvgIpc) is 2.83. The lowest BCUT2D eigenvalue weighted by Gasteiger charge is -2.12. The van der Waals surface area contributed by atoms with Crippen molar-refractivity contribution in [3.05, 3.63) is 55.8 Å². The lowest BCUT2D eigenvalue weighted by atomic mass is 10.0. The van der Waals surface area contributed by atoms with Crippen LogP contribution in [-0.2, 0) is 4.79 Å². The Morgan fingerprint density at radius 3 is 2.71 bits per heavy atom. The van der Waals surface area contributed by atoms with E-state index in [9.17, 15) is 24.8 Å². The number of aromatic nitrogens is 1. The van der Waals surface area contributed by atoms with Gasteiger partial charge in [-0.05, 0) is 23.8 Å². The maximum atomic E-state index is 12.4. The van der Waals surface area contributed by atoms with Crippen LogP contribution in [0.1, 0.15) is 13.0 Å². The molecule has 2 heterocycles. The summed E-state index contributed by atoms with van der Waals surface area (Å²) in [6.07, 6.45) is 0. The van der Waals surface area contributed by atoms with E-state index in [0.29, 0.717) is 15.6 Å². The lowest BCUT2D eigenvalue weighted by Crippen LogP contribution is -2.30. The standard InChI is InChI=1S/C15H11ClN2O5S/c1-7-14(15(20)21)17-12(19)4-8(5-13(17)24-7)10-6-9(16)2-3-11(10)18(22)23/h2-7,14H,1H3,(H,20,21)/t7?,14-/m0/s1. The van der Waals surface area contributed by atoms with E-state index in [1.807, 2.05) is 0 Å². The molecule has 2 aromatic rings. The molecular formula is C15H11ClN2O5S. The summed E-state index contributed by atoms with van der Waals surface area (Å²) in [6, 6.07) is 5.93. The molecular weight excluding hydrogens is 356 g/mol. The van der Waals surface area contributed by atoms with Gasteiger partial charge in [-0.3, -0.25) is 19.5 Å². The zero-order valence-electron chi connectivity index (χ0n) is 12.3. The maximum absolute atomic E-state index is 12.4. The molecule has 1 N–H and O–H groups in total. The van der Waals surface area contributed by atoms with Gasteiger partial charge < -0.3 is 5.11 Å². The van der Waals surface area contributed by atoms with Crippen molar-refractivity contribution in [1.29, 1.82) is 0 Å². The summed E-state index contributed by atoms with van der Waals surface area (Å²) in [7, 11) is 0. The van der Waals surface area contributed by atoms with E-state index in [4.69, 9.17) is 11.6 Å². The molecule has 9 heteroatoms. The Morgan fingerprint density at radius 1 is 1.38 bits per heavy atom. The Balaban J connectivity index is 2.21. The highest BCUT2D eigenvalue weighted by molar-refractivity contribution is 8.00. The molecule has 1 aromatic carbocycles. The van der Waals surface area contributed by atoms with Crippen LogP contribution < -0.4 is 5.56 Å². The monoisotopic (exact) mass is 366 g/mol. The summed E-state index contributed by atoms with van der Waals surface area (Å²) in [5.41, 5.74) is -0.123. The van der Waals surface area contributed by atoms with E-state index in [2.05, 4.69) is 0 Å². The smallest absolute Gasteiger partial charge is 0.328 e. The fourth-order valence-electron chi connectivity index (χ4n) is 2.75. The number of carboxylic acids is 1. The van der Waals surface area contributed by atoms with Crippen LogP contribution in [0.3, 0.4) is 0 Å². The third-order valence-corrected chi connectivity index (χ3v) is 5.20. The number of carbonyl (C=O) groups is 1. The largest absolute Gasteiger partial charge is 0.480 e. The van der Waals surface area contributed by atoms with E-state index >= 15 is 0 Å². The molecule has 24 heavy (non-hydrogen) atoms. The van der Waals surface area contributed by atoms with Crippen LogP contribution in [-0.4, -0.2) is 25.8 Å². The second kappa shape index (κ2) is 5.95. The minimum absolute atomic E-state index is 0.172. The lowest BCUT2D eigenvalue weighted by molar-refractivity contribution is -0.384. The number of pyridine rings is 1. The van der Waals surface area contributed by atoms with Crippen LogP contribution in [0.2, 0.25) is 5.02 Å². The van der Waals surface area contributed by atoms with Crippen molar-refractivity contribution in [3.8, 4) is 11.1 Å². The number of nitrogens with zero attached hydrogens (tertiary/aromatic N) is 2. The van der Waals surface area contributed by atoms with Crippen molar-refractivity contribution in [1.82, 2.24) is 4.57 Å². The molecule has 2 atom stereocenters. The van der Waals surface area contributed by atoms with E-state index in [1.165, 1.54) is 40.6 Å². The van der Waals surface area contributed by atoms with E-state index in [0.717, 1.165) is 0 Å². The van der Waals surface area contributed by atoms with Gasteiger partial charge in [-0.2, -0.15) is 0 Å². The van der Waals surface area contributed by atoms with Crippen LogP contribution in [0.4, 0.5) is 5.69 Å². The van der Waals surface area contributed by atoms with Crippen LogP contribution in [0.15, 0.2) is 40.2 Å². The van der Waals surface area contributed by atoms with Crippen molar-refractivity contribution in [2.75, 3.05) is 0 Å². The minimum atomic E-state index is -1.09. The summed E-state index contributed by atoms with van der Waals surface area (Å²) in [6.45, 7) is 1.72. The summed E-state index contributed by atoms with van der Waals surface area (Å²) < 4.78 is 1.21. The molecule has 3 rings (SSSR count). The van der Waals surface area contributed by atoms with Crippen LogP contribution in [0, 0.1) is 10.1 Å². The van der Waals surface area contributed by atoms with Gasteiger partial charge in [0.1, 0.15) is 6.04 Å². The second-order valence-electron chi connectivity index (χ2n) is 5.32. The minimum Gasteiger partial charge on any atom is -0.480 e. The zero-order chi connectivity index (χ0) is 17.6.